The predicted octanol–water partition coefficient (Wildman–Crippen LogP) is 2.98. The van der Waals surface area contributed by atoms with E-state index in [0.717, 1.165) is 0 Å². The summed E-state index contributed by atoms with van der Waals surface area (Å²) in [7, 11) is 0. The molecule has 0 saturated carbocycles. The number of rotatable bonds is 0. The average molecular weight is 231 g/mol. The Labute approximate surface area is 94.0 Å². The van der Waals surface area contributed by atoms with Crippen LogP contribution in [0, 0.1) is 11.8 Å². The summed E-state index contributed by atoms with van der Waals surface area (Å²) in [5.74, 6) is 0. The van der Waals surface area contributed by atoms with E-state index in [-0.39, 0.29) is 40.0 Å². The monoisotopic (exact) mass is 230 g/mol. The molecule has 54 valence electrons. The molecule has 1 heterocycles. The zero-order valence-electron chi connectivity index (χ0n) is 6.33. The van der Waals surface area contributed by atoms with E-state index in [1.807, 2.05) is 37.8 Å². The maximum Gasteiger partial charge on any atom is 2.00 e. The fourth-order valence-corrected chi connectivity index (χ4v) is 0.589. The molecule has 0 fully saturated rings. The molecular formula is C7H11BrMgS. The molecule has 0 radical (unpaired) electrons. The minimum atomic E-state index is 0. The van der Waals surface area contributed by atoms with Gasteiger partial charge >= 0.3 is 23.1 Å². The van der Waals surface area contributed by atoms with E-state index in [2.05, 4.69) is 5.38 Å². The van der Waals surface area contributed by atoms with Crippen molar-refractivity contribution >= 4 is 51.4 Å². The van der Waals surface area contributed by atoms with Gasteiger partial charge in [0.2, 0.25) is 0 Å². The van der Waals surface area contributed by atoms with Crippen molar-refractivity contribution in [1.82, 2.24) is 0 Å². The van der Waals surface area contributed by atoms with Gasteiger partial charge in [0.25, 0.3) is 0 Å². The summed E-state index contributed by atoms with van der Waals surface area (Å²) in [6.07, 6.45) is 2.00. The zero-order chi connectivity index (χ0) is 6.24. The van der Waals surface area contributed by atoms with Gasteiger partial charge in [0.1, 0.15) is 0 Å². The maximum atomic E-state index is 2.90. The average Bonchev–Trinajstić information content (AvgIpc) is 2.17. The van der Waals surface area contributed by atoms with Crippen molar-refractivity contribution in [2.24, 2.45) is 0 Å². The second-order valence-corrected chi connectivity index (χ2v) is 2.05. The molecule has 0 saturated heterocycles. The van der Waals surface area contributed by atoms with Gasteiger partial charge in [-0.15, -0.1) is 22.4 Å². The quantitative estimate of drug-likeness (QED) is 0.476. The van der Waals surface area contributed by atoms with Gasteiger partial charge in [-0.1, -0.05) is 0 Å². The van der Waals surface area contributed by atoms with Crippen LogP contribution >= 0.6 is 28.3 Å². The molecule has 0 amide bonds. The molecule has 0 atom stereocenters. The Balaban J connectivity index is -0.0000000900. The fraction of sp³-hybridized carbons (Fsp3) is 0.286. The van der Waals surface area contributed by atoms with Gasteiger partial charge in [-0.05, 0) is 0 Å². The van der Waals surface area contributed by atoms with Crippen LogP contribution in [0.2, 0.25) is 0 Å². The Morgan fingerprint density at radius 3 is 2.00 bits per heavy atom. The van der Waals surface area contributed by atoms with Crippen LogP contribution in [0.4, 0.5) is 0 Å². The maximum absolute atomic E-state index is 2.90. The molecule has 3 heteroatoms. The second-order valence-electron chi connectivity index (χ2n) is 1.31. The first-order valence-electron chi connectivity index (χ1n) is 2.55. The standard InChI is InChI=1S/C4H3S.C3H7.BrH.Mg/c1-2-4-5-3-1;1-3-2;;/h1-3H;3H,1-2H3;1H;/q2*-1;;+2. The first-order valence-corrected chi connectivity index (χ1v) is 3.43. The van der Waals surface area contributed by atoms with Gasteiger partial charge in [0, 0.05) is 0 Å². The third kappa shape index (κ3) is 16.0. The molecule has 1 aromatic heterocycles. The minimum Gasteiger partial charge on any atom is -0.335 e. The number of thiophene rings is 1. The van der Waals surface area contributed by atoms with Crippen LogP contribution in [0.1, 0.15) is 13.8 Å². The summed E-state index contributed by atoms with van der Waals surface area (Å²) < 4.78 is 0. The van der Waals surface area contributed by atoms with Crippen molar-refractivity contribution in [2.75, 3.05) is 0 Å². The second kappa shape index (κ2) is 16.5. The molecule has 0 aromatic carbocycles. The van der Waals surface area contributed by atoms with E-state index in [1.165, 1.54) is 0 Å². The molecule has 10 heavy (non-hydrogen) atoms. The largest absolute Gasteiger partial charge is 2.00 e. The first-order chi connectivity index (χ1) is 3.91. The minimum absolute atomic E-state index is 0. The summed E-state index contributed by atoms with van der Waals surface area (Å²) in [6.45, 7) is 4.00. The van der Waals surface area contributed by atoms with Gasteiger partial charge in [0.05, 0.1) is 0 Å². The van der Waals surface area contributed by atoms with Gasteiger partial charge in [-0.3, -0.25) is 0 Å². The van der Waals surface area contributed by atoms with E-state index in [0.29, 0.717) is 0 Å². The summed E-state index contributed by atoms with van der Waals surface area (Å²) in [6, 6.07) is 3.86. The van der Waals surface area contributed by atoms with E-state index in [9.17, 15) is 0 Å². The third-order valence-corrected chi connectivity index (χ3v) is 0.944. The van der Waals surface area contributed by atoms with E-state index < -0.39 is 0 Å². The molecule has 0 unspecified atom stereocenters. The molecule has 1 aromatic rings. The Morgan fingerprint density at radius 1 is 1.40 bits per heavy atom. The number of hydrogen-bond donors (Lipinski definition) is 0. The van der Waals surface area contributed by atoms with Crippen LogP contribution in [0.5, 0.6) is 0 Å². The van der Waals surface area contributed by atoms with Crippen molar-refractivity contribution in [3.05, 3.63) is 29.3 Å². The molecule has 0 aliphatic rings. The summed E-state index contributed by atoms with van der Waals surface area (Å²) in [5.41, 5.74) is 0. The van der Waals surface area contributed by atoms with E-state index >= 15 is 0 Å². The smallest absolute Gasteiger partial charge is 0.335 e. The van der Waals surface area contributed by atoms with E-state index in [1.54, 1.807) is 11.3 Å². The van der Waals surface area contributed by atoms with Crippen molar-refractivity contribution in [3.63, 3.8) is 0 Å². The Hall–Kier alpha value is 0.946. The SMILES string of the molecule is Br.C[CH-]C.[Mg+2].[c-]1cccs1. The summed E-state index contributed by atoms with van der Waals surface area (Å²) in [4.78, 5) is 0. The van der Waals surface area contributed by atoms with Crippen LogP contribution in [-0.2, 0) is 0 Å². The van der Waals surface area contributed by atoms with Crippen molar-refractivity contribution in [2.45, 2.75) is 13.8 Å². The van der Waals surface area contributed by atoms with E-state index in [4.69, 9.17) is 0 Å². The molecule has 1 rings (SSSR count). The zero-order valence-corrected chi connectivity index (χ0v) is 10.3. The number of halogens is 1. The molecule has 0 aliphatic heterocycles. The third-order valence-electron chi connectivity index (χ3n) is 0.379. The van der Waals surface area contributed by atoms with Crippen molar-refractivity contribution in [3.8, 4) is 0 Å². The Bertz CT molecular complexity index is 80.5. The molecular weight excluding hydrogens is 220 g/mol. The Kier molecular flexibility index (Phi) is 28.3. The van der Waals surface area contributed by atoms with Gasteiger partial charge in [-0.25, -0.2) is 6.07 Å². The van der Waals surface area contributed by atoms with Gasteiger partial charge in [0.15, 0.2) is 0 Å². The molecule has 0 N–H and O–H groups in total. The predicted molar refractivity (Wildman–Crippen MR) is 54.9 cm³/mol. The van der Waals surface area contributed by atoms with Gasteiger partial charge in [-0.2, -0.15) is 25.3 Å². The summed E-state index contributed by atoms with van der Waals surface area (Å²) in [5, 5.41) is 4.89. The normalized spacial score (nSPS) is 5.80. The molecule has 0 spiro atoms. The van der Waals surface area contributed by atoms with Crippen molar-refractivity contribution < 1.29 is 0 Å². The van der Waals surface area contributed by atoms with Crippen LogP contribution in [0.25, 0.3) is 0 Å². The first kappa shape index (κ1) is 17.1. The van der Waals surface area contributed by atoms with Crippen LogP contribution in [0.3, 0.4) is 0 Å². The molecule has 0 nitrogen and oxygen atoms in total. The van der Waals surface area contributed by atoms with Gasteiger partial charge < -0.3 is 17.8 Å². The van der Waals surface area contributed by atoms with Crippen LogP contribution < -0.4 is 0 Å². The molecule has 0 aliphatic carbocycles. The topological polar surface area (TPSA) is 0 Å². The van der Waals surface area contributed by atoms with Crippen LogP contribution in [-0.4, -0.2) is 23.1 Å². The van der Waals surface area contributed by atoms with Crippen LogP contribution in [0.15, 0.2) is 17.5 Å². The Morgan fingerprint density at radius 2 is 1.90 bits per heavy atom. The number of hydrogen-bond acceptors (Lipinski definition) is 1. The van der Waals surface area contributed by atoms with Crippen molar-refractivity contribution in [1.29, 1.82) is 0 Å². The summed E-state index contributed by atoms with van der Waals surface area (Å²) >= 11 is 1.59. The molecule has 0 bridgehead atoms. The fourth-order valence-electron chi connectivity index (χ4n) is 0.196.